The van der Waals surface area contributed by atoms with Crippen LogP contribution >= 0.6 is 0 Å². The molecule has 0 atom stereocenters. The van der Waals surface area contributed by atoms with Gasteiger partial charge in [0.15, 0.2) is 11.5 Å². The highest BCUT2D eigenvalue weighted by atomic mass is 15.3. The zero-order valence-electron chi connectivity index (χ0n) is 27.8. The van der Waals surface area contributed by atoms with E-state index >= 15 is 0 Å². The number of benzene rings is 8. The molecule has 0 unspecified atom stereocenters. The minimum absolute atomic E-state index is 0.653. The quantitative estimate of drug-likeness (QED) is 0.177. The summed E-state index contributed by atoms with van der Waals surface area (Å²) >= 11 is 0. The minimum Gasteiger partial charge on any atom is -0.308 e. The molecule has 52 heavy (non-hydrogen) atoms. The molecular weight excluding hydrogens is 635 g/mol. The largest absolute Gasteiger partial charge is 0.308 e. The Labute approximate surface area is 297 Å². The number of aromatic nitrogens is 5. The summed E-state index contributed by atoms with van der Waals surface area (Å²) in [5.74, 6) is 0.653. The van der Waals surface area contributed by atoms with Crippen LogP contribution in [-0.4, -0.2) is 24.1 Å². The van der Waals surface area contributed by atoms with Crippen LogP contribution in [0.2, 0.25) is 0 Å². The van der Waals surface area contributed by atoms with Crippen molar-refractivity contribution in [2.45, 2.75) is 0 Å². The summed E-state index contributed by atoms with van der Waals surface area (Å²) in [6, 6.07) is 58.4. The van der Waals surface area contributed by atoms with Crippen LogP contribution in [0.3, 0.4) is 0 Å². The van der Waals surface area contributed by atoms with Crippen molar-refractivity contribution in [1.29, 1.82) is 0 Å². The van der Waals surface area contributed by atoms with Crippen LogP contribution in [0.5, 0.6) is 0 Å². The van der Waals surface area contributed by atoms with Crippen LogP contribution < -0.4 is 0 Å². The van der Waals surface area contributed by atoms with Gasteiger partial charge in [-0.05, 0) is 80.2 Å². The van der Waals surface area contributed by atoms with Gasteiger partial charge in [0.1, 0.15) is 5.69 Å². The molecule has 0 N–H and O–H groups in total. The Balaban J connectivity index is 1.18. The fourth-order valence-electron chi connectivity index (χ4n) is 8.63. The minimum atomic E-state index is 0.653. The molecule has 0 aliphatic heterocycles. The van der Waals surface area contributed by atoms with E-state index in [9.17, 15) is 0 Å². The molecule has 12 rings (SSSR count). The Hall–Kier alpha value is -7.11. The molecule has 0 saturated heterocycles. The lowest BCUT2D eigenvalue weighted by Gasteiger charge is -2.15. The monoisotopic (exact) mass is 661 g/mol. The standard InChI is InChI=1S/C47H27N5/c1-2-12-29(13-3-1)45-47-49-46(50-52(47)41-27-31-15-5-4-14-30(31)26-37(41)48-45)36-19-8-9-22-38(36)51-39-23-11-21-35-33-18-7-6-17-32(33)34-20-10-16-28-24-25-40(51)44(42(28)34)43(35)39/h1-27H. The first kappa shape index (κ1) is 27.7. The van der Waals surface area contributed by atoms with E-state index in [0.29, 0.717) is 5.82 Å². The third-order valence-electron chi connectivity index (χ3n) is 10.9. The number of nitrogens with zero attached hydrogens (tertiary/aromatic N) is 5. The normalized spacial score (nSPS) is 12.2. The number of para-hydroxylation sites is 1. The molecule has 3 aromatic heterocycles. The molecule has 240 valence electrons. The highest BCUT2D eigenvalue weighted by molar-refractivity contribution is 6.30. The number of rotatable bonds is 3. The Kier molecular flexibility index (Phi) is 5.44. The van der Waals surface area contributed by atoms with Gasteiger partial charge in [-0.2, -0.15) is 0 Å². The molecule has 1 aliphatic carbocycles. The van der Waals surface area contributed by atoms with Crippen molar-refractivity contribution in [3.63, 3.8) is 0 Å². The molecule has 0 amide bonds. The maximum Gasteiger partial charge on any atom is 0.184 e. The van der Waals surface area contributed by atoms with Gasteiger partial charge in [0.2, 0.25) is 0 Å². The molecule has 1 aliphatic rings. The van der Waals surface area contributed by atoms with Crippen molar-refractivity contribution in [1.82, 2.24) is 24.1 Å². The van der Waals surface area contributed by atoms with Crippen molar-refractivity contribution in [2.75, 3.05) is 0 Å². The molecule has 8 aromatic carbocycles. The summed E-state index contributed by atoms with van der Waals surface area (Å²) in [5, 5.41) is 12.7. The lowest BCUT2D eigenvalue weighted by Crippen LogP contribution is -1.99. The van der Waals surface area contributed by atoms with E-state index in [0.717, 1.165) is 61.0 Å². The van der Waals surface area contributed by atoms with Crippen LogP contribution in [-0.2, 0) is 0 Å². The molecule has 0 radical (unpaired) electrons. The predicted molar refractivity (Wildman–Crippen MR) is 213 cm³/mol. The molecule has 0 spiro atoms. The van der Waals surface area contributed by atoms with E-state index in [1.54, 1.807) is 0 Å². The summed E-state index contributed by atoms with van der Waals surface area (Å²) in [6.07, 6.45) is 0. The average molecular weight is 662 g/mol. The summed E-state index contributed by atoms with van der Waals surface area (Å²) in [7, 11) is 0. The molecular formula is C47H27N5. The van der Waals surface area contributed by atoms with Gasteiger partial charge in [-0.25, -0.2) is 14.5 Å². The second kappa shape index (κ2) is 10.2. The van der Waals surface area contributed by atoms with Crippen LogP contribution in [0.1, 0.15) is 0 Å². The van der Waals surface area contributed by atoms with E-state index in [1.165, 1.54) is 43.8 Å². The van der Waals surface area contributed by atoms with Crippen molar-refractivity contribution in [3.8, 4) is 50.6 Å². The predicted octanol–water partition coefficient (Wildman–Crippen LogP) is 11.7. The number of hydrogen-bond acceptors (Lipinski definition) is 3. The SMILES string of the molecule is c1ccc(-c2nc3cc4ccccc4cc3n3nc(-c4ccccc4-n4c5cccc6c5c5c7c(cccc7ccc54)-c4ccccc4-6)nc23)cc1. The van der Waals surface area contributed by atoms with Crippen LogP contribution in [0.15, 0.2) is 164 Å². The summed E-state index contributed by atoms with van der Waals surface area (Å²) in [6.45, 7) is 0. The summed E-state index contributed by atoms with van der Waals surface area (Å²) < 4.78 is 4.41. The van der Waals surface area contributed by atoms with Crippen LogP contribution in [0.25, 0.3) is 111 Å². The van der Waals surface area contributed by atoms with Crippen molar-refractivity contribution >= 4 is 60.0 Å². The van der Waals surface area contributed by atoms with Gasteiger partial charge in [-0.1, -0.05) is 127 Å². The van der Waals surface area contributed by atoms with E-state index < -0.39 is 0 Å². The summed E-state index contributed by atoms with van der Waals surface area (Å²) in [4.78, 5) is 10.5. The zero-order valence-corrected chi connectivity index (χ0v) is 27.8. The second-order valence-electron chi connectivity index (χ2n) is 13.6. The first-order valence-corrected chi connectivity index (χ1v) is 17.6. The Morgan fingerprint density at radius 2 is 1.04 bits per heavy atom. The van der Waals surface area contributed by atoms with E-state index in [1.807, 2.05) is 22.7 Å². The number of fused-ring (bicyclic) bond motifs is 7. The van der Waals surface area contributed by atoms with E-state index in [-0.39, 0.29) is 0 Å². The van der Waals surface area contributed by atoms with Crippen LogP contribution in [0, 0.1) is 0 Å². The molecule has 5 nitrogen and oxygen atoms in total. The lowest BCUT2D eigenvalue weighted by molar-refractivity contribution is 1.00. The fraction of sp³-hybridized carbons (Fsp3) is 0. The van der Waals surface area contributed by atoms with Gasteiger partial charge < -0.3 is 4.57 Å². The lowest BCUT2D eigenvalue weighted by atomic mass is 9.93. The average Bonchev–Trinajstić information content (AvgIpc) is 3.77. The fourth-order valence-corrected chi connectivity index (χ4v) is 8.63. The smallest absolute Gasteiger partial charge is 0.184 e. The van der Waals surface area contributed by atoms with E-state index in [2.05, 4.69) is 150 Å². The molecule has 0 saturated carbocycles. The summed E-state index contributed by atoms with van der Waals surface area (Å²) in [5.41, 5.74) is 13.7. The maximum atomic E-state index is 5.32. The third-order valence-corrected chi connectivity index (χ3v) is 10.9. The van der Waals surface area contributed by atoms with Gasteiger partial charge in [0.25, 0.3) is 0 Å². The van der Waals surface area contributed by atoms with Crippen molar-refractivity contribution in [2.24, 2.45) is 0 Å². The highest BCUT2D eigenvalue weighted by Crippen LogP contribution is 2.50. The molecule has 3 heterocycles. The van der Waals surface area contributed by atoms with Gasteiger partial charge in [0, 0.05) is 21.9 Å². The maximum absolute atomic E-state index is 5.32. The van der Waals surface area contributed by atoms with Crippen molar-refractivity contribution in [3.05, 3.63) is 164 Å². The molecule has 0 bridgehead atoms. The van der Waals surface area contributed by atoms with Gasteiger partial charge in [0.05, 0.1) is 27.8 Å². The molecule has 11 aromatic rings. The topological polar surface area (TPSA) is 48.0 Å². The highest BCUT2D eigenvalue weighted by Gasteiger charge is 2.26. The third kappa shape index (κ3) is 3.69. The van der Waals surface area contributed by atoms with Gasteiger partial charge in [-0.3, -0.25) is 0 Å². The Bertz CT molecular complexity index is 3300. The molecule has 0 fully saturated rings. The van der Waals surface area contributed by atoms with Gasteiger partial charge >= 0.3 is 0 Å². The Morgan fingerprint density at radius 3 is 1.87 bits per heavy atom. The van der Waals surface area contributed by atoms with Crippen molar-refractivity contribution < 1.29 is 0 Å². The molecule has 5 heteroatoms. The first-order chi connectivity index (χ1) is 25.8. The second-order valence-corrected chi connectivity index (χ2v) is 13.6. The van der Waals surface area contributed by atoms with E-state index in [4.69, 9.17) is 15.1 Å². The van der Waals surface area contributed by atoms with Crippen LogP contribution in [0.4, 0.5) is 0 Å². The number of hydrogen-bond donors (Lipinski definition) is 0. The zero-order chi connectivity index (χ0) is 33.9. The first-order valence-electron chi connectivity index (χ1n) is 17.6. The van der Waals surface area contributed by atoms with Gasteiger partial charge in [-0.15, -0.1) is 5.10 Å². The Morgan fingerprint density at radius 1 is 0.404 bits per heavy atom.